The van der Waals surface area contributed by atoms with Gasteiger partial charge in [0, 0.05) is 20.2 Å². The molecule has 2 N–H and O–H groups in total. The highest BCUT2D eigenvalue weighted by Gasteiger charge is 2.03. The number of nitrogens with zero attached hydrogens (tertiary/aromatic N) is 3. The molecule has 6 heteroatoms. The third kappa shape index (κ3) is 3.28. The minimum Gasteiger partial charge on any atom is -0.489 e. The predicted molar refractivity (Wildman–Crippen MR) is 79.2 cm³/mol. The number of rotatable bonds is 5. The van der Waals surface area contributed by atoms with Crippen molar-refractivity contribution >= 4 is 11.4 Å². The van der Waals surface area contributed by atoms with E-state index in [0.29, 0.717) is 24.6 Å². The Bertz CT molecular complexity index is 637. The number of nitrogens with two attached hydrogens (primary N) is 1. The lowest BCUT2D eigenvalue weighted by Gasteiger charge is -2.13. The van der Waals surface area contributed by atoms with Gasteiger partial charge < -0.3 is 15.4 Å². The highest BCUT2D eigenvalue weighted by Crippen LogP contribution is 2.19. The summed E-state index contributed by atoms with van der Waals surface area (Å²) in [7, 11) is 3.73. The zero-order chi connectivity index (χ0) is 14.5. The molecule has 0 spiro atoms. The first-order chi connectivity index (χ1) is 9.58. The molecule has 6 nitrogen and oxygen atoms in total. The molecule has 0 bridgehead atoms. The maximum atomic E-state index is 11.8. The molecule has 106 valence electrons. The Morgan fingerprint density at radius 1 is 1.35 bits per heavy atom. The first kappa shape index (κ1) is 13.9. The summed E-state index contributed by atoms with van der Waals surface area (Å²) in [5.74, 6) is 0.616. The van der Waals surface area contributed by atoms with Gasteiger partial charge >= 0.3 is 0 Å². The summed E-state index contributed by atoms with van der Waals surface area (Å²) in [6.07, 6.45) is 1.65. The Morgan fingerprint density at radius 2 is 2.10 bits per heavy atom. The van der Waals surface area contributed by atoms with Crippen LogP contribution in [0, 0.1) is 0 Å². The monoisotopic (exact) mass is 274 g/mol. The number of ether oxygens (including phenoxy) is 1. The molecule has 20 heavy (non-hydrogen) atoms. The summed E-state index contributed by atoms with van der Waals surface area (Å²) in [6.45, 7) is 0.712. The van der Waals surface area contributed by atoms with Crippen molar-refractivity contribution in [1.29, 1.82) is 0 Å². The second-order valence-corrected chi connectivity index (χ2v) is 4.56. The molecule has 0 amide bonds. The number of para-hydroxylation sites is 2. The fraction of sp³-hybridized carbons (Fsp3) is 0.286. The van der Waals surface area contributed by atoms with Gasteiger partial charge in [-0.05, 0) is 12.1 Å². The van der Waals surface area contributed by atoms with Gasteiger partial charge in [-0.15, -0.1) is 0 Å². The van der Waals surface area contributed by atoms with Crippen LogP contribution in [0.3, 0.4) is 0 Å². The van der Waals surface area contributed by atoms with Gasteiger partial charge in [-0.1, -0.05) is 12.1 Å². The minimum absolute atomic E-state index is 0.152. The van der Waals surface area contributed by atoms with Crippen LogP contribution in [-0.4, -0.2) is 30.5 Å². The molecule has 0 atom stereocenters. The second-order valence-electron chi connectivity index (χ2n) is 4.56. The van der Waals surface area contributed by atoms with E-state index in [1.54, 1.807) is 24.4 Å². The van der Waals surface area contributed by atoms with Gasteiger partial charge in [-0.25, -0.2) is 4.68 Å². The van der Waals surface area contributed by atoms with E-state index in [1.807, 2.05) is 31.1 Å². The van der Waals surface area contributed by atoms with Gasteiger partial charge in [0.2, 0.25) is 0 Å². The van der Waals surface area contributed by atoms with E-state index in [1.165, 1.54) is 4.68 Å². The van der Waals surface area contributed by atoms with Gasteiger partial charge in [0.1, 0.15) is 12.4 Å². The third-order valence-electron chi connectivity index (χ3n) is 2.85. The summed E-state index contributed by atoms with van der Waals surface area (Å²) >= 11 is 0. The number of anilines is 2. The third-order valence-corrected chi connectivity index (χ3v) is 2.85. The lowest BCUT2D eigenvalue weighted by Crippen LogP contribution is -2.26. The highest BCUT2D eigenvalue weighted by atomic mass is 16.5. The number of benzene rings is 1. The van der Waals surface area contributed by atoms with Crippen LogP contribution in [0.25, 0.3) is 0 Å². The van der Waals surface area contributed by atoms with Crippen LogP contribution >= 0.6 is 0 Å². The summed E-state index contributed by atoms with van der Waals surface area (Å²) < 4.78 is 6.91. The summed E-state index contributed by atoms with van der Waals surface area (Å²) in [4.78, 5) is 13.7. The average molecular weight is 274 g/mol. The molecule has 0 radical (unpaired) electrons. The van der Waals surface area contributed by atoms with E-state index in [9.17, 15) is 4.79 Å². The van der Waals surface area contributed by atoms with Crippen LogP contribution in [0.2, 0.25) is 0 Å². The summed E-state index contributed by atoms with van der Waals surface area (Å²) in [5, 5.41) is 4.10. The van der Waals surface area contributed by atoms with Crippen LogP contribution in [0.15, 0.2) is 41.3 Å². The van der Waals surface area contributed by atoms with Crippen molar-refractivity contribution in [3.8, 4) is 5.75 Å². The maximum absolute atomic E-state index is 11.8. The molecule has 0 fully saturated rings. The normalized spacial score (nSPS) is 10.3. The van der Waals surface area contributed by atoms with Crippen LogP contribution < -0.4 is 20.9 Å². The van der Waals surface area contributed by atoms with Gasteiger partial charge in [-0.2, -0.15) is 5.10 Å². The second kappa shape index (κ2) is 6.10. The van der Waals surface area contributed by atoms with Crippen molar-refractivity contribution in [2.24, 2.45) is 0 Å². The van der Waals surface area contributed by atoms with Gasteiger partial charge in [0.25, 0.3) is 5.56 Å². The number of hydrogen-bond acceptors (Lipinski definition) is 5. The van der Waals surface area contributed by atoms with E-state index >= 15 is 0 Å². The number of hydrogen-bond donors (Lipinski definition) is 1. The standard InChI is InChI=1S/C14H18N4O2/c1-17(2)11-9-14(19)18(16-10-11)7-8-20-13-6-4-3-5-12(13)15/h3-6,9-10H,7-8,15H2,1-2H3. The van der Waals surface area contributed by atoms with Gasteiger partial charge in [-0.3, -0.25) is 4.79 Å². The van der Waals surface area contributed by atoms with E-state index in [0.717, 1.165) is 5.69 Å². The molecule has 0 aliphatic rings. The first-order valence-electron chi connectivity index (χ1n) is 6.30. The molecule has 0 saturated heterocycles. The van der Waals surface area contributed by atoms with Crippen molar-refractivity contribution in [1.82, 2.24) is 9.78 Å². The molecule has 1 aromatic carbocycles. The van der Waals surface area contributed by atoms with Gasteiger partial charge in [0.15, 0.2) is 0 Å². The van der Waals surface area contributed by atoms with Crippen LogP contribution in [0.4, 0.5) is 11.4 Å². The molecule has 1 aromatic heterocycles. The number of aromatic nitrogens is 2. The van der Waals surface area contributed by atoms with E-state index in [2.05, 4.69) is 5.10 Å². The lowest BCUT2D eigenvalue weighted by molar-refractivity contribution is 0.289. The molecule has 0 saturated carbocycles. The van der Waals surface area contributed by atoms with Crippen molar-refractivity contribution in [2.45, 2.75) is 6.54 Å². The van der Waals surface area contributed by atoms with Crippen molar-refractivity contribution in [2.75, 3.05) is 31.3 Å². The Balaban J connectivity index is 1.98. The predicted octanol–water partition coefficient (Wildman–Crippen LogP) is 0.971. The lowest BCUT2D eigenvalue weighted by atomic mass is 10.3. The zero-order valence-corrected chi connectivity index (χ0v) is 11.6. The maximum Gasteiger partial charge on any atom is 0.268 e. The Hall–Kier alpha value is -2.50. The number of nitrogen functional groups attached to an aromatic ring is 1. The minimum atomic E-state index is -0.152. The topological polar surface area (TPSA) is 73.4 Å². The van der Waals surface area contributed by atoms with Crippen molar-refractivity contribution < 1.29 is 4.74 Å². The molecule has 0 aliphatic heterocycles. The first-order valence-corrected chi connectivity index (χ1v) is 6.30. The summed E-state index contributed by atoms with van der Waals surface area (Å²) in [6, 6.07) is 8.80. The highest BCUT2D eigenvalue weighted by molar-refractivity contribution is 5.51. The van der Waals surface area contributed by atoms with Crippen LogP contribution in [-0.2, 0) is 6.54 Å². The molecule has 1 heterocycles. The molecular weight excluding hydrogens is 256 g/mol. The molecule has 2 aromatic rings. The molecular formula is C14H18N4O2. The van der Waals surface area contributed by atoms with Crippen molar-refractivity contribution in [3.05, 3.63) is 46.9 Å². The zero-order valence-electron chi connectivity index (χ0n) is 11.6. The Kier molecular flexibility index (Phi) is 4.24. The Morgan fingerprint density at radius 3 is 2.75 bits per heavy atom. The smallest absolute Gasteiger partial charge is 0.268 e. The average Bonchev–Trinajstić information content (AvgIpc) is 2.42. The molecule has 0 unspecified atom stereocenters. The Labute approximate surface area is 117 Å². The van der Waals surface area contributed by atoms with Crippen LogP contribution in [0.5, 0.6) is 5.75 Å². The van der Waals surface area contributed by atoms with Crippen LogP contribution in [0.1, 0.15) is 0 Å². The van der Waals surface area contributed by atoms with E-state index < -0.39 is 0 Å². The fourth-order valence-electron chi connectivity index (χ4n) is 1.69. The summed E-state index contributed by atoms with van der Waals surface area (Å²) in [5.41, 5.74) is 6.97. The van der Waals surface area contributed by atoms with E-state index in [-0.39, 0.29) is 5.56 Å². The molecule has 0 aliphatic carbocycles. The SMILES string of the molecule is CN(C)c1cnn(CCOc2ccccc2N)c(=O)c1. The quantitative estimate of drug-likeness (QED) is 0.822. The molecule has 2 rings (SSSR count). The van der Waals surface area contributed by atoms with Crippen molar-refractivity contribution in [3.63, 3.8) is 0 Å². The van der Waals surface area contributed by atoms with Gasteiger partial charge in [0.05, 0.1) is 24.1 Å². The van der Waals surface area contributed by atoms with E-state index in [4.69, 9.17) is 10.5 Å². The fourth-order valence-corrected chi connectivity index (χ4v) is 1.69. The largest absolute Gasteiger partial charge is 0.489 e.